The summed E-state index contributed by atoms with van der Waals surface area (Å²) in [6.07, 6.45) is 5.82. The highest BCUT2D eigenvalue weighted by molar-refractivity contribution is 5.38. The van der Waals surface area contributed by atoms with E-state index in [1.165, 1.54) is 11.1 Å². The van der Waals surface area contributed by atoms with Crippen molar-refractivity contribution in [2.75, 3.05) is 19.7 Å². The Morgan fingerprint density at radius 1 is 1.14 bits per heavy atom. The Bertz CT molecular complexity index is 627. The van der Waals surface area contributed by atoms with Gasteiger partial charge < -0.3 is 4.74 Å². The summed E-state index contributed by atoms with van der Waals surface area (Å²) < 4.78 is 6.24. The quantitative estimate of drug-likeness (QED) is 0.845. The number of aryl methyl sites for hydroxylation is 1. The largest absolute Gasteiger partial charge is 0.368 e. The normalized spacial score (nSPS) is 25.1. The van der Waals surface area contributed by atoms with E-state index in [0.717, 1.165) is 44.9 Å². The highest BCUT2D eigenvalue weighted by Crippen LogP contribution is 2.42. The Hall–Kier alpha value is -1.78. The van der Waals surface area contributed by atoms with E-state index in [4.69, 9.17) is 4.74 Å². The van der Waals surface area contributed by atoms with Crippen LogP contribution in [0.25, 0.3) is 0 Å². The van der Waals surface area contributed by atoms with Crippen LogP contribution in [-0.2, 0) is 23.3 Å². The minimum Gasteiger partial charge on any atom is -0.368 e. The first-order chi connectivity index (χ1) is 10.4. The van der Waals surface area contributed by atoms with Crippen molar-refractivity contribution in [1.29, 1.82) is 0 Å². The number of hydrogen-bond donors (Lipinski definition) is 0. The monoisotopic (exact) mass is 281 g/mol. The molecule has 1 fully saturated rings. The molecule has 0 unspecified atom stereocenters. The number of benzene rings is 1. The van der Waals surface area contributed by atoms with Crippen molar-refractivity contribution < 1.29 is 4.74 Å². The molecule has 0 saturated carbocycles. The first kappa shape index (κ1) is 12.9. The maximum absolute atomic E-state index is 6.24. The van der Waals surface area contributed by atoms with E-state index in [0.29, 0.717) is 0 Å². The van der Waals surface area contributed by atoms with Gasteiger partial charge in [-0.15, -0.1) is 0 Å². The molecule has 2 heterocycles. The van der Waals surface area contributed by atoms with E-state index < -0.39 is 0 Å². The standard InChI is InChI=1S/C17H19N3O/c1-2-5-15-14(4-1)6-7-17(15)13-20(10-11-21-17)12-16-18-8-3-9-19-16/h1-5,8-9H,6-7,10-13H2/t17-/m1/s1. The molecule has 0 amide bonds. The molecule has 1 aliphatic heterocycles. The molecule has 4 rings (SSSR count). The molecule has 1 saturated heterocycles. The Labute approximate surface area is 124 Å². The lowest BCUT2D eigenvalue weighted by atomic mass is 9.93. The molecule has 108 valence electrons. The molecule has 0 N–H and O–H groups in total. The van der Waals surface area contributed by atoms with Crippen molar-refractivity contribution in [2.45, 2.75) is 25.0 Å². The van der Waals surface area contributed by atoms with Crippen LogP contribution in [0.2, 0.25) is 0 Å². The molecule has 4 nitrogen and oxygen atoms in total. The van der Waals surface area contributed by atoms with Crippen LogP contribution in [0.5, 0.6) is 0 Å². The molecule has 1 aliphatic carbocycles. The maximum Gasteiger partial charge on any atom is 0.142 e. The van der Waals surface area contributed by atoms with Crippen LogP contribution in [0, 0.1) is 0 Å². The van der Waals surface area contributed by atoms with E-state index in [9.17, 15) is 0 Å². The molecule has 1 spiro atoms. The van der Waals surface area contributed by atoms with Crippen LogP contribution in [0.1, 0.15) is 23.4 Å². The lowest BCUT2D eigenvalue weighted by Gasteiger charge is -2.41. The minimum absolute atomic E-state index is 0.121. The predicted octanol–water partition coefficient (Wildman–Crippen LogP) is 2.15. The van der Waals surface area contributed by atoms with Gasteiger partial charge in [-0.2, -0.15) is 0 Å². The van der Waals surface area contributed by atoms with E-state index in [1.807, 2.05) is 18.5 Å². The van der Waals surface area contributed by atoms with Gasteiger partial charge in [0.25, 0.3) is 0 Å². The van der Waals surface area contributed by atoms with Gasteiger partial charge in [0.1, 0.15) is 11.4 Å². The molecule has 1 aromatic heterocycles. The average molecular weight is 281 g/mol. The van der Waals surface area contributed by atoms with Crippen molar-refractivity contribution in [3.05, 3.63) is 59.7 Å². The van der Waals surface area contributed by atoms with Gasteiger partial charge in [0.2, 0.25) is 0 Å². The zero-order valence-electron chi connectivity index (χ0n) is 12.0. The third-order valence-corrected chi connectivity index (χ3v) is 4.56. The number of rotatable bonds is 2. The highest BCUT2D eigenvalue weighted by atomic mass is 16.5. The van der Waals surface area contributed by atoms with Gasteiger partial charge in [-0.3, -0.25) is 4.90 Å². The van der Waals surface area contributed by atoms with Gasteiger partial charge >= 0.3 is 0 Å². The highest BCUT2D eigenvalue weighted by Gasteiger charge is 2.43. The number of nitrogens with zero attached hydrogens (tertiary/aromatic N) is 3. The van der Waals surface area contributed by atoms with Crippen molar-refractivity contribution in [1.82, 2.24) is 14.9 Å². The van der Waals surface area contributed by atoms with Gasteiger partial charge in [0.05, 0.1) is 13.2 Å². The second-order valence-corrected chi connectivity index (χ2v) is 5.88. The second-order valence-electron chi connectivity index (χ2n) is 5.88. The molecule has 21 heavy (non-hydrogen) atoms. The summed E-state index contributed by atoms with van der Waals surface area (Å²) in [7, 11) is 0. The van der Waals surface area contributed by atoms with Gasteiger partial charge in [0, 0.05) is 25.5 Å². The fourth-order valence-corrected chi connectivity index (χ4v) is 3.57. The van der Waals surface area contributed by atoms with Crippen molar-refractivity contribution in [2.24, 2.45) is 0 Å². The number of hydrogen-bond acceptors (Lipinski definition) is 4. The smallest absolute Gasteiger partial charge is 0.142 e. The molecule has 1 atom stereocenters. The molecular formula is C17H19N3O. The van der Waals surface area contributed by atoms with Gasteiger partial charge in [0.15, 0.2) is 0 Å². The average Bonchev–Trinajstić information content (AvgIpc) is 2.87. The molecule has 0 radical (unpaired) electrons. The zero-order chi connectivity index (χ0) is 14.1. The lowest BCUT2D eigenvalue weighted by molar-refractivity contribution is -0.116. The van der Waals surface area contributed by atoms with Crippen LogP contribution in [-0.4, -0.2) is 34.6 Å². The first-order valence-corrected chi connectivity index (χ1v) is 7.56. The van der Waals surface area contributed by atoms with Crippen molar-refractivity contribution >= 4 is 0 Å². The topological polar surface area (TPSA) is 38.2 Å². The van der Waals surface area contributed by atoms with E-state index in [-0.39, 0.29) is 5.60 Å². The summed E-state index contributed by atoms with van der Waals surface area (Å²) in [4.78, 5) is 11.1. The summed E-state index contributed by atoms with van der Waals surface area (Å²) in [5.41, 5.74) is 2.70. The summed E-state index contributed by atoms with van der Waals surface area (Å²) in [6.45, 7) is 3.46. The van der Waals surface area contributed by atoms with Crippen LogP contribution < -0.4 is 0 Å². The van der Waals surface area contributed by atoms with E-state index in [2.05, 4.69) is 39.1 Å². The Kier molecular flexibility index (Phi) is 3.20. The van der Waals surface area contributed by atoms with Gasteiger partial charge in [-0.25, -0.2) is 9.97 Å². The summed E-state index contributed by atoms with van der Waals surface area (Å²) in [5, 5.41) is 0. The van der Waals surface area contributed by atoms with Crippen LogP contribution >= 0.6 is 0 Å². The van der Waals surface area contributed by atoms with Crippen LogP contribution in [0.4, 0.5) is 0 Å². The molecule has 4 heteroatoms. The number of aromatic nitrogens is 2. The Morgan fingerprint density at radius 3 is 2.90 bits per heavy atom. The fourth-order valence-electron chi connectivity index (χ4n) is 3.57. The van der Waals surface area contributed by atoms with E-state index >= 15 is 0 Å². The molecule has 1 aromatic carbocycles. The van der Waals surface area contributed by atoms with Gasteiger partial charge in [-0.1, -0.05) is 24.3 Å². The van der Waals surface area contributed by atoms with Crippen LogP contribution in [0.3, 0.4) is 0 Å². The first-order valence-electron chi connectivity index (χ1n) is 7.56. The number of morpholine rings is 1. The second kappa shape index (κ2) is 5.20. The van der Waals surface area contributed by atoms with E-state index in [1.54, 1.807) is 0 Å². The van der Waals surface area contributed by atoms with Crippen molar-refractivity contribution in [3.8, 4) is 0 Å². The molecule has 2 aromatic rings. The molecule has 0 bridgehead atoms. The molecule has 2 aliphatic rings. The van der Waals surface area contributed by atoms with Crippen molar-refractivity contribution in [3.63, 3.8) is 0 Å². The lowest BCUT2D eigenvalue weighted by Crippen LogP contribution is -2.48. The zero-order valence-corrected chi connectivity index (χ0v) is 12.0. The SMILES string of the molecule is c1cnc(CN2CCO[C@]3(CCc4ccccc43)C2)nc1. The summed E-state index contributed by atoms with van der Waals surface area (Å²) >= 11 is 0. The third kappa shape index (κ3) is 2.34. The van der Waals surface area contributed by atoms with Crippen LogP contribution in [0.15, 0.2) is 42.7 Å². The number of fused-ring (bicyclic) bond motifs is 2. The molecular weight excluding hydrogens is 262 g/mol. The van der Waals surface area contributed by atoms with Gasteiger partial charge in [-0.05, 0) is 30.0 Å². The summed E-state index contributed by atoms with van der Waals surface area (Å²) in [5.74, 6) is 0.890. The fraction of sp³-hybridized carbons (Fsp3) is 0.412. The number of ether oxygens (including phenoxy) is 1. The Morgan fingerprint density at radius 2 is 2.00 bits per heavy atom. The Balaban J connectivity index is 1.56. The predicted molar refractivity (Wildman–Crippen MR) is 79.7 cm³/mol. The summed E-state index contributed by atoms with van der Waals surface area (Å²) in [6, 6.07) is 10.6. The minimum atomic E-state index is -0.121. The maximum atomic E-state index is 6.24. The third-order valence-electron chi connectivity index (χ3n) is 4.56.